The quantitative estimate of drug-likeness (QED) is 0.792. The highest BCUT2D eigenvalue weighted by molar-refractivity contribution is 6.28. The Morgan fingerprint density at radius 3 is 2.12 bits per heavy atom. The third-order valence-corrected chi connectivity index (χ3v) is 5.08. The van der Waals surface area contributed by atoms with E-state index in [1.165, 1.54) is 12.8 Å². The number of rotatable bonds is 2. The minimum Gasteiger partial charge on any atom is -0.297 e. The Morgan fingerprint density at radius 2 is 1.69 bits per heavy atom. The van der Waals surface area contributed by atoms with Crippen LogP contribution in [0.4, 0.5) is 0 Å². The average molecular weight is 240 g/mol. The van der Waals surface area contributed by atoms with Gasteiger partial charge in [-0.3, -0.25) is 4.57 Å². The van der Waals surface area contributed by atoms with Gasteiger partial charge in [-0.1, -0.05) is 27.7 Å². The van der Waals surface area contributed by atoms with Gasteiger partial charge in [-0.25, -0.2) is 0 Å². The molecule has 3 nitrogen and oxygen atoms in total. The molecule has 2 aliphatic carbocycles. The van der Waals surface area contributed by atoms with Crippen molar-refractivity contribution in [3.05, 3.63) is 11.1 Å². The molecule has 1 heterocycles. The highest BCUT2D eigenvalue weighted by Crippen LogP contribution is 2.72. The molecule has 0 saturated heterocycles. The first kappa shape index (κ1) is 10.6. The molecule has 0 N–H and O–H groups in total. The third kappa shape index (κ3) is 1.15. The number of aromatic nitrogens is 3. The predicted octanol–water partition coefficient (Wildman–Crippen LogP) is 3.42. The Kier molecular flexibility index (Phi) is 1.86. The van der Waals surface area contributed by atoms with Crippen LogP contribution >= 0.6 is 11.6 Å². The van der Waals surface area contributed by atoms with Crippen molar-refractivity contribution in [2.45, 2.75) is 52.5 Å². The summed E-state index contributed by atoms with van der Waals surface area (Å²) >= 11 is 6.20. The van der Waals surface area contributed by atoms with Gasteiger partial charge < -0.3 is 0 Å². The van der Waals surface area contributed by atoms with Crippen molar-refractivity contribution in [2.75, 3.05) is 0 Å². The Bertz CT molecular complexity index is 429. The fourth-order valence-corrected chi connectivity index (χ4v) is 3.17. The van der Waals surface area contributed by atoms with Gasteiger partial charge in [0.25, 0.3) is 0 Å². The fraction of sp³-hybridized carbons (Fsp3) is 0.833. The summed E-state index contributed by atoms with van der Waals surface area (Å²) in [5.74, 6) is 1.71. The summed E-state index contributed by atoms with van der Waals surface area (Å²) < 4.78 is 2.18. The molecule has 4 heteroatoms. The van der Waals surface area contributed by atoms with Gasteiger partial charge in [0.1, 0.15) is 5.82 Å². The van der Waals surface area contributed by atoms with Crippen molar-refractivity contribution >= 4 is 11.6 Å². The maximum atomic E-state index is 6.20. The minimum absolute atomic E-state index is 0.280. The summed E-state index contributed by atoms with van der Waals surface area (Å²) in [5.41, 5.74) is 0.561. The van der Waals surface area contributed by atoms with Crippen molar-refractivity contribution < 1.29 is 0 Å². The van der Waals surface area contributed by atoms with Gasteiger partial charge in [0.2, 0.25) is 5.28 Å². The summed E-state index contributed by atoms with van der Waals surface area (Å²) in [6.45, 7) is 9.19. The van der Waals surface area contributed by atoms with Gasteiger partial charge >= 0.3 is 0 Å². The molecule has 3 rings (SSSR count). The van der Waals surface area contributed by atoms with Gasteiger partial charge in [0, 0.05) is 12.0 Å². The second-order valence-corrected chi connectivity index (χ2v) is 6.66. The first-order chi connectivity index (χ1) is 7.37. The zero-order chi connectivity index (χ0) is 11.7. The topological polar surface area (TPSA) is 30.7 Å². The van der Waals surface area contributed by atoms with E-state index in [2.05, 4.69) is 42.5 Å². The van der Waals surface area contributed by atoms with Gasteiger partial charge in [-0.2, -0.15) is 0 Å². The maximum absolute atomic E-state index is 6.20. The lowest BCUT2D eigenvalue weighted by molar-refractivity contribution is 0.457. The van der Waals surface area contributed by atoms with Gasteiger partial charge in [0.05, 0.1) is 0 Å². The molecule has 2 aliphatic rings. The first-order valence-electron chi connectivity index (χ1n) is 5.97. The van der Waals surface area contributed by atoms with Crippen LogP contribution in [0.15, 0.2) is 0 Å². The van der Waals surface area contributed by atoms with Crippen LogP contribution in [0.1, 0.15) is 58.3 Å². The van der Waals surface area contributed by atoms with Gasteiger partial charge in [0.15, 0.2) is 0 Å². The highest BCUT2D eigenvalue weighted by atomic mass is 35.5. The second-order valence-electron chi connectivity index (χ2n) is 6.32. The molecular formula is C12H18ClN3. The lowest BCUT2D eigenvalue weighted by Gasteiger charge is -2.08. The van der Waals surface area contributed by atoms with Crippen LogP contribution in [0.3, 0.4) is 0 Å². The van der Waals surface area contributed by atoms with E-state index in [1.54, 1.807) is 0 Å². The van der Waals surface area contributed by atoms with E-state index < -0.39 is 0 Å². The van der Waals surface area contributed by atoms with Gasteiger partial charge in [-0.05, 0) is 35.3 Å². The maximum Gasteiger partial charge on any atom is 0.225 e. The normalized spacial score (nSPS) is 27.1. The molecule has 2 saturated carbocycles. The van der Waals surface area contributed by atoms with E-state index in [1.807, 2.05) is 0 Å². The van der Waals surface area contributed by atoms with E-state index >= 15 is 0 Å². The van der Waals surface area contributed by atoms with Crippen molar-refractivity contribution in [1.29, 1.82) is 0 Å². The van der Waals surface area contributed by atoms with Crippen LogP contribution in [0, 0.1) is 10.8 Å². The summed E-state index contributed by atoms with van der Waals surface area (Å²) in [5, 5.41) is 8.86. The van der Waals surface area contributed by atoms with E-state index in [4.69, 9.17) is 11.6 Å². The molecule has 0 spiro atoms. The average Bonchev–Trinajstić information content (AvgIpc) is 3.01. The molecule has 88 valence electrons. The van der Waals surface area contributed by atoms with E-state index in [0.717, 1.165) is 5.82 Å². The highest BCUT2D eigenvalue weighted by Gasteiger charge is 2.67. The molecule has 16 heavy (non-hydrogen) atoms. The summed E-state index contributed by atoms with van der Waals surface area (Å²) in [6.07, 6.45) is 2.48. The Hall–Kier alpha value is -0.570. The zero-order valence-electron chi connectivity index (χ0n) is 10.3. The van der Waals surface area contributed by atoms with Crippen molar-refractivity contribution in [2.24, 2.45) is 10.8 Å². The molecule has 0 amide bonds. The number of hydrogen-bond acceptors (Lipinski definition) is 2. The molecule has 1 aromatic heterocycles. The number of nitrogens with zero attached hydrogens (tertiary/aromatic N) is 3. The van der Waals surface area contributed by atoms with Crippen LogP contribution in [-0.4, -0.2) is 14.8 Å². The summed E-state index contributed by atoms with van der Waals surface area (Å²) in [6, 6.07) is 0.443. The van der Waals surface area contributed by atoms with E-state index in [0.29, 0.717) is 17.2 Å². The lowest BCUT2D eigenvalue weighted by atomic mass is 10.0. The fourth-order valence-electron chi connectivity index (χ4n) is 2.95. The van der Waals surface area contributed by atoms with Crippen LogP contribution in [0.5, 0.6) is 0 Å². The molecule has 0 aliphatic heterocycles. The molecule has 0 radical (unpaired) electrons. The van der Waals surface area contributed by atoms with Crippen LogP contribution in [0.25, 0.3) is 0 Å². The van der Waals surface area contributed by atoms with Gasteiger partial charge in [-0.15, -0.1) is 10.2 Å². The number of hydrogen-bond donors (Lipinski definition) is 0. The Labute approximate surface area is 101 Å². The van der Waals surface area contributed by atoms with Crippen molar-refractivity contribution in [3.63, 3.8) is 0 Å². The molecule has 0 unspecified atom stereocenters. The SMILES string of the molecule is CC1(C)C(n2c(Cl)nnc2C2CC2)C1(C)C. The summed E-state index contributed by atoms with van der Waals surface area (Å²) in [4.78, 5) is 0. The molecular weight excluding hydrogens is 222 g/mol. The molecule has 0 bridgehead atoms. The number of halogens is 1. The molecule has 0 aromatic carbocycles. The predicted molar refractivity (Wildman–Crippen MR) is 63.6 cm³/mol. The van der Waals surface area contributed by atoms with Crippen LogP contribution < -0.4 is 0 Å². The Morgan fingerprint density at radius 1 is 1.12 bits per heavy atom. The van der Waals surface area contributed by atoms with Crippen molar-refractivity contribution in [1.82, 2.24) is 14.8 Å². The van der Waals surface area contributed by atoms with Crippen LogP contribution in [0.2, 0.25) is 5.28 Å². The Balaban J connectivity index is 2.05. The standard InChI is InChI=1S/C12H18ClN3/c1-11(2)9(12(11,3)4)16-8(7-5-6-7)14-15-10(16)13/h7,9H,5-6H2,1-4H3. The summed E-state index contributed by atoms with van der Waals surface area (Å²) in [7, 11) is 0. The minimum atomic E-state index is 0.280. The second kappa shape index (κ2) is 2.81. The lowest BCUT2D eigenvalue weighted by Crippen LogP contribution is -2.05. The zero-order valence-corrected chi connectivity index (χ0v) is 11.0. The van der Waals surface area contributed by atoms with Crippen molar-refractivity contribution in [3.8, 4) is 0 Å². The smallest absolute Gasteiger partial charge is 0.225 e. The monoisotopic (exact) mass is 239 g/mol. The van der Waals surface area contributed by atoms with E-state index in [-0.39, 0.29) is 10.8 Å². The molecule has 2 fully saturated rings. The molecule has 0 atom stereocenters. The first-order valence-corrected chi connectivity index (χ1v) is 6.35. The molecule has 1 aromatic rings. The third-order valence-electron chi connectivity index (χ3n) is 4.83. The van der Waals surface area contributed by atoms with E-state index in [9.17, 15) is 0 Å². The van der Waals surface area contributed by atoms with Crippen LogP contribution in [-0.2, 0) is 0 Å². The largest absolute Gasteiger partial charge is 0.297 e.